The minimum Gasteiger partial charge on any atom is -0.489 e. The fourth-order valence-corrected chi connectivity index (χ4v) is 9.71. The number of hydrogen-bond acceptors (Lipinski definition) is 4. The number of nitrogens with zero attached hydrogens (tertiary/aromatic N) is 1. The van der Waals surface area contributed by atoms with E-state index in [9.17, 15) is 9.90 Å². The van der Waals surface area contributed by atoms with E-state index in [0.29, 0.717) is 24.2 Å². The zero-order valence-corrected chi connectivity index (χ0v) is 31.8. The molecule has 8 rings (SSSR count). The molecule has 0 spiro atoms. The minimum absolute atomic E-state index is 0.0512. The maximum absolute atomic E-state index is 11.2. The van der Waals surface area contributed by atoms with Crippen molar-refractivity contribution in [3.8, 4) is 34.0 Å². The zero-order valence-electron chi connectivity index (χ0n) is 31.8. The molecule has 0 aliphatic heterocycles. The molecule has 1 fully saturated rings. The van der Waals surface area contributed by atoms with E-state index in [1.807, 2.05) is 42.5 Å². The van der Waals surface area contributed by atoms with E-state index in [4.69, 9.17) is 14.5 Å². The summed E-state index contributed by atoms with van der Waals surface area (Å²) in [6.07, 6.45) is 6.79. The monoisotopic (exact) mass is 718 g/mol. The van der Waals surface area contributed by atoms with Crippen molar-refractivity contribution in [3.05, 3.63) is 137 Å². The molecule has 276 valence electrons. The molecule has 6 nitrogen and oxygen atoms in total. The first-order valence-electron chi connectivity index (χ1n) is 19.5. The van der Waals surface area contributed by atoms with Gasteiger partial charge in [0.2, 0.25) is 0 Å². The summed E-state index contributed by atoms with van der Waals surface area (Å²) in [5.74, 6) is 2.11. The number of aromatic nitrogens is 2. The molecule has 2 aliphatic carbocycles. The molecule has 1 heterocycles. The highest BCUT2D eigenvalue weighted by Gasteiger charge is 2.52. The number of nitrogens with one attached hydrogen (secondary N) is 1. The van der Waals surface area contributed by atoms with E-state index in [1.165, 1.54) is 42.4 Å². The Morgan fingerprint density at radius 3 is 2.41 bits per heavy atom. The van der Waals surface area contributed by atoms with Gasteiger partial charge in [0.1, 0.15) is 23.9 Å². The zero-order chi connectivity index (χ0) is 37.5. The second-order valence-corrected chi connectivity index (χ2v) is 16.3. The van der Waals surface area contributed by atoms with Crippen molar-refractivity contribution >= 4 is 17.0 Å². The summed E-state index contributed by atoms with van der Waals surface area (Å²) in [6.45, 7) is 9.78. The van der Waals surface area contributed by atoms with E-state index >= 15 is 0 Å². The Kier molecular flexibility index (Phi) is 9.55. The number of aliphatic carboxylic acids is 1. The van der Waals surface area contributed by atoms with Crippen molar-refractivity contribution in [2.75, 3.05) is 6.61 Å². The fourth-order valence-electron chi connectivity index (χ4n) is 9.71. The van der Waals surface area contributed by atoms with Crippen LogP contribution in [-0.4, -0.2) is 27.7 Å². The standard InChI is InChI=1S/C48H50N2O4/c1-31(2)33-17-20-41-35(25-33)18-22-43-47(3,23-10-24-48(41,43)4)28-40-39(34-13-8-15-37(26-34)53-29-32-11-6-5-7-12-32)19-21-42-45(40)50-46(49-42)36-14-9-16-38(27-36)54-30-44(51)52/h5-9,11-17,19-21,25-27,31,43H,10,18,22-24,28-30H2,1-4H3,(H,49,50)(H,51,52)/t43-,47+,48+/m0/s1. The number of carbonyl (C=O) groups is 1. The van der Waals surface area contributed by atoms with Crippen LogP contribution in [0.1, 0.15) is 87.1 Å². The Morgan fingerprint density at radius 1 is 0.870 bits per heavy atom. The number of fused-ring (bicyclic) bond motifs is 4. The molecule has 0 unspecified atom stereocenters. The number of imidazole rings is 1. The first-order chi connectivity index (χ1) is 26.1. The third kappa shape index (κ3) is 6.90. The molecule has 2 N–H and O–H groups in total. The van der Waals surface area contributed by atoms with Crippen LogP contribution in [-0.2, 0) is 29.7 Å². The van der Waals surface area contributed by atoms with E-state index in [-0.39, 0.29) is 10.8 Å². The van der Waals surface area contributed by atoms with Crippen molar-refractivity contribution in [1.29, 1.82) is 0 Å². The number of aromatic amines is 1. The Morgan fingerprint density at radius 2 is 1.63 bits per heavy atom. The Hall–Kier alpha value is -5.36. The third-order valence-corrected chi connectivity index (χ3v) is 12.4. The average Bonchev–Trinajstić information content (AvgIpc) is 3.62. The van der Waals surface area contributed by atoms with Gasteiger partial charge in [-0.2, -0.15) is 0 Å². The van der Waals surface area contributed by atoms with Gasteiger partial charge in [-0.25, -0.2) is 9.78 Å². The van der Waals surface area contributed by atoms with Gasteiger partial charge in [0.15, 0.2) is 6.61 Å². The van der Waals surface area contributed by atoms with Crippen molar-refractivity contribution in [1.82, 2.24) is 9.97 Å². The van der Waals surface area contributed by atoms with Crippen molar-refractivity contribution < 1.29 is 19.4 Å². The largest absolute Gasteiger partial charge is 0.489 e. The molecule has 0 bridgehead atoms. The first kappa shape index (κ1) is 35.7. The van der Waals surface area contributed by atoms with E-state index in [0.717, 1.165) is 52.1 Å². The van der Waals surface area contributed by atoms with Gasteiger partial charge >= 0.3 is 5.97 Å². The van der Waals surface area contributed by atoms with Gasteiger partial charge in [0.25, 0.3) is 0 Å². The fraction of sp³-hybridized carbons (Fsp3) is 0.333. The lowest BCUT2D eigenvalue weighted by atomic mass is 9.48. The molecule has 0 saturated heterocycles. The summed E-state index contributed by atoms with van der Waals surface area (Å²) >= 11 is 0. The third-order valence-electron chi connectivity index (χ3n) is 12.4. The predicted octanol–water partition coefficient (Wildman–Crippen LogP) is 11.3. The molecular formula is C48H50N2O4. The van der Waals surface area contributed by atoms with Gasteiger partial charge in [-0.3, -0.25) is 0 Å². The molecular weight excluding hydrogens is 669 g/mol. The number of aryl methyl sites for hydroxylation is 1. The van der Waals surface area contributed by atoms with Crippen LogP contribution in [0, 0.1) is 11.3 Å². The SMILES string of the molecule is CC(C)c1ccc2c(c1)CC[C@H]1[C@@](C)(Cc3c(-c4cccc(OCc5ccccc5)c4)ccc4[nH]c(-c5cccc(OCC(=O)O)c5)nc34)CCC[C@]21C. The maximum Gasteiger partial charge on any atom is 0.341 e. The molecule has 0 amide bonds. The van der Waals surface area contributed by atoms with Crippen LogP contribution in [0.3, 0.4) is 0 Å². The minimum atomic E-state index is -1.01. The molecule has 1 aromatic heterocycles. The second-order valence-electron chi connectivity index (χ2n) is 16.3. The molecule has 6 aromatic rings. The lowest BCUT2D eigenvalue weighted by Crippen LogP contribution is -2.50. The number of hydrogen-bond donors (Lipinski definition) is 2. The Balaban J connectivity index is 1.20. The number of carboxylic acids is 1. The average molecular weight is 719 g/mol. The van der Waals surface area contributed by atoms with Crippen LogP contribution in [0.2, 0.25) is 0 Å². The molecule has 3 atom stereocenters. The van der Waals surface area contributed by atoms with Gasteiger partial charge in [-0.05, 0) is 124 Å². The van der Waals surface area contributed by atoms with E-state index in [2.05, 4.69) is 93.3 Å². The Labute approximate surface area is 318 Å². The highest BCUT2D eigenvalue weighted by atomic mass is 16.5. The molecule has 54 heavy (non-hydrogen) atoms. The summed E-state index contributed by atoms with van der Waals surface area (Å²) in [6, 6.07) is 38.0. The highest BCUT2D eigenvalue weighted by Crippen LogP contribution is 2.59. The van der Waals surface area contributed by atoms with Gasteiger partial charge in [0, 0.05) is 5.56 Å². The van der Waals surface area contributed by atoms with Gasteiger partial charge in [-0.1, -0.05) is 113 Å². The number of H-pyrrole nitrogens is 1. The lowest BCUT2D eigenvalue weighted by molar-refractivity contribution is -0.139. The summed E-state index contributed by atoms with van der Waals surface area (Å²) in [5.41, 5.74) is 12.2. The van der Waals surface area contributed by atoms with Gasteiger partial charge < -0.3 is 19.6 Å². The normalized spacial score (nSPS) is 20.7. The summed E-state index contributed by atoms with van der Waals surface area (Å²) in [4.78, 5) is 20.1. The molecule has 5 aromatic carbocycles. The predicted molar refractivity (Wildman–Crippen MR) is 216 cm³/mol. The van der Waals surface area contributed by atoms with Crippen LogP contribution < -0.4 is 9.47 Å². The van der Waals surface area contributed by atoms with Crippen molar-refractivity contribution in [2.24, 2.45) is 11.3 Å². The second kappa shape index (κ2) is 14.5. The van der Waals surface area contributed by atoms with Crippen molar-refractivity contribution in [3.63, 3.8) is 0 Å². The topological polar surface area (TPSA) is 84.4 Å². The number of benzene rings is 5. The van der Waals surface area contributed by atoms with Crippen LogP contribution in [0.15, 0.2) is 109 Å². The summed E-state index contributed by atoms with van der Waals surface area (Å²) in [7, 11) is 0. The van der Waals surface area contributed by atoms with Gasteiger partial charge in [0.05, 0.1) is 11.0 Å². The number of rotatable bonds is 11. The highest BCUT2D eigenvalue weighted by molar-refractivity contribution is 5.89. The summed E-state index contributed by atoms with van der Waals surface area (Å²) < 4.78 is 11.9. The first-order valence-corrected chi connectivity index (χ1v) is 19.5. The van der Waals surface area contributed by atoms with E-state index in [1.54, 1.807) is 17.2 Å². The van der Waals surface area contributed by atoms with Crippen LogP contribution in [0.5, 0.6) is 11.5 Å². The van der Waals surface area contributed by atoms with E-state index < -0.39 is 12.6 Å². The van der Waals surface area contributed by atoms with Crippen LogP contribution in [0.25, 0.3) is 33.5 Å². The van der Waals surface area contributed by atoms with Crippen LogP contribution >= 0.6 is 0 Å². The number of carboxylic acid groups (broad SMARTS) is 1. The molecule has 2 aliphatic rings. The van der Waals surface area contributed by atoms with Gasteiger partial charge in [-0.15, -0.1) is 0 Å². The lowest BCUT2D eigenvalue weighted by Gasteiger charge is -2.56. The van der Waals surface area contributed by atoms with Crippen molar-refractivity contribution in [2.45, 2.75) is 84.2 Å². The molecule has 1 saturated carbocycles. The van der Waals surface area contributed by atoms with Crippen LogP contribution in [0.4, 0.5) is 0 Å². The molecule has 6 heteroatoms. The Bertz CT molecular complexity index is 2310. The smallest absolute Gasteiger partial charge is 0.341 e. The quantitative estimate of drug-likeness (QED) is 0.139. The number of ether oxygens (including phenoxy) is 2. The molecule has 0 radical (unpaired) electrons. The summed E-state index contributed by atoms with van der Waals surface area (Å²) in [5, 5.41) is 9.18. The maximum atomic E-state index is 11.2.